The van der Waals surface area contributed by atoms with Crippen LogP contribution in [0.5, 0.6) is 0 Å². The molecule has 0 aliphatic rings. The average Bonchev–Trinajstić information content (AvgIpc) is 3.11. The van der Waals surface area contributed by atoms with Gasteiger partial charge in [-0.3, -0.25) is 0 Å². The predicted molar refractivity (Wildman–Crippen MR) is 121 cm³/mol. The molecule has 0 N–H and O–H groups in total. The number of hydrogen-bond acceptors (Lipinski definition) is 7. The van der Waals surface area contributed by atoms with Crippen LogP contribution in [0.1, 0.15) is 39.3 Å². The predicted octanol–water partition coefficient (Wildman–Crippen LogP) is 6.94. The van der Waals surface area contributed by atoms with Gasteiger partial charge in [0, 0.05) is 31.0 Å². The summed E-state index contributed by atoms with van der Waals surface area (Å²) < 4.78 is 59.3. The number of azo groups is 1. The number of anilines is 1. The molecule has 0 aliphatic carbocycles. The molecule has 0 amide bonds. The van der Waals surface area contributed by atoms with Crippen molar-refractivity contribution in [1.29, 1.82) is 0 Å². The Morgan fingerprint density at radius 1 is 1.24 bits per heavy atom. The summed E-state index contributed by atoms with van der Waals surface area (Å²) in [5.74, 6) is -3.35. The van der Waals surface area contributed by atoms with Crippen molar-refractivity contribution in [2.24, 2.45) is 14.6 Å². The van der Waals surface area contributed by atoms with Gasteiger partial charge < -0.3 is 14.3 Å². The molecular formula is C20H26F3N7O2S. The van der Waals surface area contributed by atoms with E-state index in [2.05, 4.69) is 28.8 Å². The monoisotopic (exact) mass is 485 g/mol. The first kappa shape index (κ1) is 26.3. The first-order chi connectivity index (χ1) is 15.7. The second-order valence-corrected chi connectivity index (χ2v) is 8.61. The van der Waals surface area contributed by atoms with Crippen molar-refractivity contribution in [3.63, 3.8) is 0 Å². The molecule has 9 nitrogen and oxygen atoms in total. The third kappa shape index (κ3) is 6.08. The molecule has 0 radical (unpaired) electrons. The van der Waals surface area contributed by atoms with E-state index < -0.39 is 15.8 Å². The standard InChI is InChI=1S/C20H26F3N7O2S/c1-6-9-12-30-14(4)18(24-5)25-20(30)27-26-16-11-10-15(29(7-2)8-3)13-17(16)28-33(31,32-23)19(21)22/h10-11,13,19H,6-9,12H2,1-4H3. The van der Waals surface area contributed by atoms with Gasteiger partial charge in [0.25, 0.3) is 15.8 Å². The Kier molecular flexibility index (Phi) is 9.36. The fourth-order valence-electron chi connectivity index (χ4n) is 3.04. The molecule has 1 unspecified atom stereocenters. The molecule has 0 bridgehead atoms. The molecule has 13 heteroatoms. The summed E-state index contributed by atoms with van der Waals surface area (Å²) in [5, 5.41) is 8.12. The normalized spacial score (nSPS) is 13.3. The van der Waals surface area contributed by atoms with Crippen molar-refractivity contribution in [3.8, 4) is 0 Å². The lowest BCUT2D eigenvalue weighted by molar-refractivity contribution is -0.000950. The van der Waals surface area contributed by atoms with Crippen LogP contribution in [0, 0.1) is 13.5 Å². The number of aromatic nitrogens is 2. The lowest BCUT2D eigenvalue weighted by Crippen LogP contribution is -2.21. The summed E-state index contributed by atoms with van der Waals surface area (Å²) in [6, 6.07) is 4.48. The van der Waals surface area contributed by atoms with Crippen LogP contribution in [0.25, 0.3) is 4.85 Å². The topological polar surface area (TPSA) is 88.8 Å². The van der Waals surface area contributed by atoms with Crippen molar-refractivity contribution in [3.05, 3.63) is 35.3 Å². The smallest absolute Gasteiger partial charge is 0.345 e. The van der Waals surface area contributed by atoms with Crippen LogP contribution < -0.4 is 4.90 Å². The summed E-state index contributed by atoms with van der Waals surface area (Å²) in [4.78, 5) is 9.43. The van der Waals surface area contributed by atoms with Gasteiger partial charge in [0.05, 0.1) is 0 Å². The van der Waals surface area contributed by atoms with Gasteiger partial charge in [-0.15, -0.1) is 5.11 Å². The van der Waals surface area contributed by atoms with E-state index in [1.165, 1.54) is 12.1 Å². The number of rotatable bonds is 11. The van der Waals surface area contributed by atoms with Crippen LogP contribution in [0.3, 0.4) is 0 Å². The molecule has 0 spiro atoms. The largest absolute Gasteiger partial charge is 0.372 e. The Morgan fingerprint density at radius 3 is 2.48 bits per heavy atom. The van der Waals surface area contributed by atoms with Crippen molar-refractivity contribution < 1.29 is 21.9 Å². The Bertz CT molecular complexity index is 1150. The van der Waals surface area contributed by atoms with Crippen LogP contribution in [0.15, 0.2) is 32.8 Å². The van der Waals surface area contributed by atoms with E-state index in [1.807, 2.05) is 25.7 Å². The highest BCUT2D eigenvalue weighted by Crippen LogP contribution is 2.36. The molecule has 0 fully saturated rings. The Hall–Kier alpha value is -2.98. The van der Waals surface area contributed by atoms with Gasteiger partial charge in [0.15, 0.2) is 0 Å². The van der Waals surface area contributed by atoms with E-state index in [0.29, 0.717) is 31.0 Å². The molecule has 33 heavy (non-hydrogen) atoms. The zero-order valence-electron chi connectivity index (χ0n) is 18.8. The number of halogens is 3. The van der Waals surface area contributed by atoms with Crippen molar-refractivity contribution in [2.45, 2.75) is 52.8 Å². The number of benzene rings is 1. The average molecular weight is 486 g/mol. The van der Waals surface area contributed by atoms with E-state index >= 15 is 0 Å². The molecule has 0 aliphatic heterocycles. The van der Waals surface area contributed by atoms with Gasteiger partial charge in [0.1, 0.15) is 11.4 Å². The third-order valence-corrected chi connectivity index (χ3v) is 5.97. The fraction of sp³-hybridized carbons (Fsp3) is 0.500. The quantitative estimate of drug-likeness (QED) is 0.255. The van der Waals surface area contributed by atoms with E-state index in [1.54, 1.807) is 17.6 Å². The minimum Gasteiger partial charge on any atom is -0.372 e. The highest BCUT2D eigenvalue weighted by atomic mass is 32.2. The first-order valence-electron chi connectivity index (χ1n) is 10.3. The first-order valence-corrected chi connectivity index (χ1v) is 11.8. The van der Waals surface area contributed by atoms with E-state index in [0.717, 1.165) is 12.8 Å². The number of imidazole rings is 1. The zero-order chi connectivity index (χ0) is 24.6. The molecule has 1 aromatic carbocycles. The number of unbranched alkanes of at least 4 members (excludes halogenated alkanes) is 1. The van der Waals surface area contributed by atoms with Gasteiger partial charge in [-0.2, -0.15) is 13.1 Å². The van der Waals surface area contributed by atoms with Gasteiger partial charge in [-0.05, 0) is 49.9 Å². The van der Waals surface area contributed by atoms with Gasteiger partial charge in [-0.1, -0.05) is 34.4 Å². The lowest BCUT2D eigenvalue weighted by atomic mass is 10.2. The highest BCUT2D eigenvalue weighted by molar-refractivity contribution is 7.89. The Labute approximate surface area is 191 Å². The number of nitrogens with zero attached hydrogens (tertiary/aromatic N) is 7. The summed E-state index contributed by atoms with van der Waals surface area (Å²) in [7, 11) is -4.94. The number of hydrogen-bond donors (Lipinski definition) is 0. The SMILES string of the molecule is [C-]#[N+]c1nc(N=Nc2ccc(N(CC)CC)cc2N=S(=O)(OF)C(F)F)n(CCCC)c1C. The molecular weight excluding hydrogens is 459 g/mol. The van der Waals surface area contributed by atoms with Crippen LogP contribution in [0.2, 0.25) is 0 Å². The second kappa shape index (κ2) is 11.8. The molecule has 1 heterocycles. The summed E-state index contributed by atoms with van der Waals surface area (Å²) >= 11 is 0. The fourth-order valence-corrected chi connectivity index (χ4v) is 3.63. The molecule has 1 atom stereocenters. The van der Waals surface area contributed by atoms with E-state index in [9.17, 15) is 17.5 Å². The maximum Gasteiger partial charge on any atom is 0.345 e. The minimum absolute atomic E-state index is 0.0385. The van der Waals surface area contributed by atoms with E-state index in [-0.39, 0.29) is 23.1 Å². The molecule has 0 saturated carbocycles. The molecule has 180 valence electrons. The maximum atomic E-state index is 13.2. The van der Waals surface area contributed by atoms with Crippen LogP contribution >= 0.6 is 0 Å². The van der Waals surface area contributed by atoms with Crippen molar-refractivity contribution >= 4 is 38.8 Å². The third-order valence-electron chi connectivity index (χ3n) is 4.89. The summed E-state index contributed by atoms with van der Waals surface area (Å²) in [6.45, 7) is 16.6. The molecule has 2 rings (SSSR count). The van der Waals surface area contributed by atoms with Crippen LogP contribution in [0.4, 0.5) is 42.1 Å². The maximum absolute atomic E-state index is 13.2. The van der Waals surface area contributed by atoms with Crippen LogP contribution in [-0.2, 0) is 20.9 Å². The van der Waals surface area contributed by atoms with Gasteiger partial charge >= 0.3 is 11.7 Å². The van der Waals surface area contributed by atoms with Crippen molar-refractivity contribution in [2.75, 3.05) is 18.0 Å². The molecule has 2 aromatic rings. The molecule has 1 aromatic heterocycles. The number of alkyl halides is 2. The summed E-state index contributed by atoms with van der Waals surface area (Å²) in [6.07, 6.45) is 1.73. The second-order valence-electron chi connectivity index (χ2n) is 6.91. The van der Waals surface area contributed by atoms with Crippen molar-refractivity contribution in [1.82, 2.24) is 9.55 Å². The Balaban J connectivity index is 2.63. The highest BCUT2D eigenvalue weighted by Gasteiger charge is 2.26. The zero-order valence-corrected chi connectivity index (χ0v) is 19.7. The minimum atomic E-state index is -4.94. The Morgan fingerprint density at radius 2 is 1.94 bits per heavy atom. The van der Waals surface area contributed by atoms with E-state index in [4.69, 9.17) is 6.57 Å². The lowest BCUT2D eigenvalue weighted by Gasteiger charge is -2.21. The van der Waals surface area contributed by atoms with Gasteiger partial charge in [0.2, 0.25) is 0 Å². The summed E-state index contributed by atoms with van der Waals surface area (Å²) in [5.41, 5.74) is 0.896. The van der Waals surface area contributed by atoms with Crippen LogP contribution in [-0.4, -0.2) is 32.6 Å². The van der Waals surface area contributed by atoms with Gasteiger partial charge in [-0.25, -0.2) is 4.21 Å². The molecule has 0 saturated heterocycles.